The van der Waals surface area contributed by atoms with Crippen LogP contribution in [0.2, 0.25) is 0 Å². The quantitative estimate of drug-likeness (QED) is 0.619. The first-order valence-corrected chi connectivity index (χ1v) is 9.64. The van der Waals surface area contributed by atoms with Crippen LogP contribution in [0.3, 0.4) is 0 Å². The Morgan fingerprint density at radius 3 is 2.59 bits per heavy atom. The molecule has 3 aromatic rings. The first kappa shape index (κ1) is 17.5. The number of hydrogen-bond donors (Lipinski definition) is 0. The summed E-state index contributed by atoms with van der Waals surface area (Å²) in [6.45, 7) is 1.66. The van der Waals surface area contributed by atoms with Crippen molar-refractivity contribution in [3.63, 3.8) is 0 Å². The Morgan fingerprint density at radius 1 is 1.07 bits per heavy atom. The Morgan fingerprint density at radius 2 is 1.81 bits per heavy atom. The lowest BCUT2D eigenvalue weighted by atomic mass is 9.90. The molecule has 0 spiro atoms. The molecule has 0 N–H and O–H groups in total. The zero-order valence-corrected chi connectivity index (χ0v) is 15.4. The van der Waals surface area contributed by atoms with Crippen molar-refractivity contribution in [1.82, 2.24) is 9.88 Å². The van der Waals surface area contributed by atoms with E-state index in [1.807, 2.05) is 29.2 Å². The van der Waals surface area contributed by atoms with Crippen molar-refractivity contribution in [3.05, 3.63) is 72.1 Å². The van der Waals surface area contributed by atoms with Crippen molar-refractivity contribution >= 4 is 23.1 Å². The molecule has 0 aliphatic carbocycles. The van der Waals surface area contributed by atoms with E-state index in [4.69, 9.17) is 4.42 Å². The second kappa shape index (κ2) is 8.21. The highest BCUT2D eigenvalue weighted by molar-refractivity contribution is 5.91. The van der Waals surface area contributed by atoms with Gasteiger partial charge in [0.15, 0.2) is 5.58 Å². The van der Waals surface area contributed by atoms with E-state index in [0.717, 1.165) is 43.5 Å². The number of fused-ring (bicyclic) bond motifs is 1. The molecule has 0 radical (unpaired) electrons. The topological polar surface area (TPSA) is 46.3 Å². The fourth-order valence-electron chi connectivity index (χ4n) is 3.67. The van der Waals surface area contributed by atoms with Crippen LogP contribution < -0.4 is 0 Å². The molecular weight excluding hydrogens is 336 g/mol. The van der Waals surface area contributed by atoms with Gasteiger partial charge in [0.05, 0.1) is 0 Å². The smallest absolute Gasteiger partial charge is 0.246 e. The predicted molar refractivity (Wildman–Crippen MR) is 107 cm³/mol. The summed E-state index contributed by atoms with van der Waals surface area (Å²) in [5.41, 5.74) is 2.95. The number of piperidine rings is 1. The van der Waals surface area contributed by atoms with Crippen molar-refractivity contribution in [2.45, 2.75) is 25.7 Å². The number of rotatable bonds is 5. The minimum absolute atomic E-state index is 0.0405. The van der Waals surface area contributed by atoms with Gasteiger partial charge in [0.1, 0.15) is 5.52 Å². The minimum atomic E-state index is 0.0405. The number of likely N-dealkylation sites (tertiary alicyclic amines) is 1. The summed E-state index contributed by atoms with van der Waals surface area (Å²) in [5, 5.41) is 0. The Bertz CT molecular complexity index is 889. The second-order valence-electron chi connectivity index (χ2n) is 7.15. The molecule has 2 heterocycles. The number of hydrogen-bond acceptors (Lipinski definition) is 3. The first-order valence-electron chi connectivity index (χ1n) is 9.64. The van der Waals surface area contributed by atoms with Gasteiger partial charge in [0.25, 0.3) is 0 Å². The number of amides is 1. The molecule has 4 heteroatoms. The van der Waals surface area contributed by atoms with Crippen LogP contribution in [0.25, 0.3) is 17.2 Å². The van der Waals surface area contributed by atoms with Gasteiger partial charge in [-0.2, -0.15) is 0 Å². The van der Waals surface area contributed by atoms with Crippen LogP contribution in [0.5, 0.6) is 0 Å². The van der Waals surface area contributed by atoms with E-state index in [1.165, 1.54) is 12.0 Å². The van der Waals surface area contributed by atoms with Crippen LogP contribution in [-0.2, 0) is 11.2 Å². The minimum Gasteiger partial charge on any atom is -0.437 e. The number of benzene rings is 2. The number of para-hydroxylation sites is 2. The van der Waals surface area contributed by atoms with Gasteiger partial charge in [-0.15, -0.1) is 0 Å². The Hall–Kier alpha value is -2.88. The van der Waals surface area contributed by atoms with Crippen molar-refractivity contribution in [3.8, 4) is 0 Å². The van der Waals surface area contributed by atoms with Gasteiger partial charge in [-0.1, -0.05) is 42.5 Å². The van der Waals surface area contributed by atoms with Gasteiger partial charge in [-0.3, -0.25) is 4.79 Å². The standard InChI is InChI=1S/C23H24N2O2/c26-23(13-12-22-24-20-8-4-5-9-21(20)27-22)25-16-14-19(15-17-25)11-10-18-6-2-1-3-7-18/h1-9,12-13,19H,10-11,14-17H2. The maximum Gasteiger partial charge on any atom is 0.246 e. The first-order chi connectivity index (χ1) is 13.3. The molecule has 1 aliphatic heterocycles. The monoisotopic (exact) mass is 360 g/mol. The van der Waals surface area contributed by atoms with E-state index in [2.05, 4.69) is 35.3 Å². The second-order valence-corrected chi connectivity index (χ2v) is 7.15. The van der Waals surface area contributed by atoms with Gasteiger partial charge in [-0.25, -0.2) is 4.98 Å². The van der Waals surface area contributed by atoms with Crippen molar-refractivity contribution < 1.29 is 9.21 Å². The zero-order valence-electron chi connectivity index (χ0n) is 15.4. The van der Waals surface area contributed by atoms with Gasteiger partial charge in [-0.05, 0) is 49.3 Å². The van der Waals surface area contributed by atoms with Gasteiger partial charge in [0, 0.05) is 25.2 Å². The summed E-state index contributed by atoms with van der Waals surface area (Å²) in [6.07, 6.45) is 7.73. The molecule has 1 aliphatic rings. The van der Waals surface area contributed by atoms with Crippen molar-refractivity contribution in [2.24, 2.45) is 5.92 Å². The van der Waals surface area contributed by atoms with E-state index >= 15 is 0 Å². The van der Waals surface area contributed by atoms with Crippen LogP contribution in [-0.4, -0.2) is 28.9 Å². The number of nitrogens with zero attached hydrogens (tertiary/aromatic N) is 2. The molecule has 1 saturated heterocycles. The van der Waals surface area contributed by atoms with E-state index in [9.17, 15) is 4.79 Å². The van der Waals surface area contributed by atoms with Crippen molar-refractivity contribution in [2.75, 3.05) is 13.1 Å². The SMILES string of the molecule is O=C(C=Cc1nc2ccccc2o1)N1CCC(CCc2ccccc2)CC1. The molecule has 138 valence electrons. The molecule has 0 saturated carbocycles. The summed E-state index contributed by atoms with van der Waals surface area (Å²) >= 11 is 0. The van der Waals surface area contributed by atoms with E-state index in [1.54, 1.807) is 12.2 Å². The van der Waals surface area contributed by atoms with Crippen LogP contribution >= 0.6 is 0 Å². The Balaban J connectivity index is 1.27. The summed E-state index contributed by atoms with van der Waals surface area (Å²) in [7, 11) is 0. The van der Waals surface area contributed by atoms with Crippen molar-refractivity contribution in [1.29, 1.82) is 0 Å². The summed E-state index contributed by atoms with van der Waals surface area (Å²) in [6, 6.07) is 18.2. The number of aromatic nitrogens is 1. The Kier molecular flexibility index (Phi) is 5.33. The molecule has 4 nitrogen and oxygen atoms in total. The van der Waals surface area contributed by atoms with E-state index in [0.29, 0.717) is 11.8 Å². The van der Waals surface area contributed by atoms with Gasteiger partial charge < -0.3 is 9.32 Å². The molecule has 1 amide bonds. The summed E-state index contributed by atoms with van der Waals surface area (Å²) in [4.78, 5) is 18.7. The fraction of sp³-hybridized carbons (Fsp3) is 0.304. The highest BCUT2D eigenvalue weighted by Gasteiger charge is 2.21. The van der Waals surface area contributed by atoms with Gasteiger partial charge in [0.2, 0.25) is 11.8 Å². The zero-order chi connectivity index (χ0) is 18.5. The maximum absolute atomic E-state index is 12.4. The maximum atomic E-state index is 12.4. The Labute approximate surface area is 159 Å². The lowest BCUT2D eigenvalue weighted by molar-refractivity contribution is -0.127. The number of carbonyl (C=O) groups excluding carboxylic acids is 1. The van der Waals surface area contributed by atoms with Crippen LogP contribution in [0, 0.1) is 5.92 Å². The normalized spacial score (nSPS) is 15.6. The molecule has 1 fully saturated rings. The third-order valence-corrected chi connectivity index (χ3v) is 5.29. The largest absolute Gasteiger partial charge is 0.437 e. The third kappa shape index (κ3) is 4.45. The predicted octanol–water partition coefficient (Wildman–Crippen LogP) is 4.71. The highest BCUT2D eigenvalue weighted by Crippen LogP contribution is 2.23. The molecule has 0 unspecified atom stereocenters. The molecule has 0 atom stereocenters. The average molecular weight is 360 g/mol. The highest BCUT2D eigenvalue weighted by atomic mass is 16.3. The van der Waals surface area contributed by atoms with Crippen LogP contribution in [0.1, 0.15) is 30.7 Å². The number of carbonyl (C=O) groups is 1. The molecule has 27 heavy (non-hydrogen) atoms. The fourth-order valence-corrected chi connectivity index (χ4v) is 3.67. The summed E-state index contributed by atoms with van der Waals surface area (Å²) in [5.74, 6) is 1.22. The molecule has 0 bridgehead atoms. The number of oxazole rings is 1. The molecule has 2 aromatic carbocycles. The lowest BCUT2D eigenvalue weighted by Gasteiger charge is -2.31. The average Bonchev–Trinajstić information content (AvgIpc) is 3.15. The van der Waals surface area contributed by atoms with E-state index < -0.39 is 0 Å². The van der Waals surface area contributed by atoms with Crippen LogP contribution in [0.4, 0.5) is 0 Å². The number of aryl methyl sites for hydroxylation is 1. The summed E-state index contributed by atoms with van der Waals surface area (Å²) < 4.78 is 5.63. The lowest BCUT2D eigenvalue weighted by Crippen LogP contribution is -2.37. The molecule has 4 rings (SSSR count). The van der Waals surface area contributed by atoms with E-state index in [-0.39, 0.29) is 5.91 Å². The van der Waals surface area contributed by atoms with Gasteiger partial charge >= 0.3 is 0 Å². The molecular formula is C23H24N2O2. The molecule has 1 aromatic heterocycles. The third-order valence-electron chi connectivity index (χ3n) is 5.29. The van der Waals surface area contributed by atoms with Crippen LogP contribution in [0.15, 0.2) is 65.1 Å².